The van der Waals surface area contributed by atoms with Gasteiger partial charge in [-0.2, -0.15) is 0 Å². The summed E-state index contributed by atoms with van der Waals surface area (Å²) in [5, 5.41) is 2.77. The highest BCUT2D eigenvalue weighted by Crippen LogP contribution is 2.32. The van der Waals surface area contributed by atoms with Gasteiger partial charge in [-0.1, -0.05) is 18.2 Å². The fourth-order valence-electron chi connectivity index (χ4n) is 2.53. The number of anilines is 2. The summed E-state index contributed by atoms with van der Waals surface area (Å²) in [5.41, 5.74) is 8.44. The van der Waals surface area contributed by atoms with E-state index in [9.17, 15) is 9.18 Å². The molecular formula is C16H16FN3O. The number of halogens is 1. The minimum Gasteiger partial charge on any atom is -0.324 e. The summed E-state index contributed by atoms with van der Waals surface area (Å²) >= 11 is 0. The molecule has 1 aliphatic heterocycles. The van der Waals surface area contributed by atoms with Gasteiger partial charge >= 0.3 is 6.03 Å². The van der Waals surface area contributed by atoms with E-state index < -0.39 is 0 Å². The van der Waals surface area contributed by atoms with Crippen LogP contribution in [0.4, 0.5) is 20.6 Å². The molecule has 1 atom stereocenters. The van der Waals surface area contributed by atoms with Crippen LogP contribution in [0, 0.1) is 5.82 Å². The number of para-hydroxylation sites is 1. The van der Waals surface area contributed by atoms with Crippen molar-refractivity contribution in [2.75, 3.05) is 16.8 Å². The van der Waals surface area contributed by atoms with Crippen molar-refractivity contribution in [3.63, 3.8) is 0 Å². The summed E-state index contributed by atoms with van der Waals surface area (Å²) in [4.78, 5) is 14.1. The van der Waals surface area contributed by atoms with Crippen LogP contribution in [0.5, 0.6) is 0 Å². The van der Waals surface area contributed by atoms with E-state index in [1.165, 1.54) is 24.3 Å². The van der Waals surface area contributed by atoms with Crippen LogP contribution in [0.3, 0.4) is 0 Å². The van der Waals surface area contributed by atoms with E-state index in [2.05, 4.69) is 5.32 Å². The molecule has 108 valence electrons. The zero-order valence-corrected chi connectivity index (χ0v) is 11.4. The van der Waals surface area contributed by atoms with Gasteiger partial charge in [0.1, 0.15) is 5.82 Å². The van der Waals surface area contributed by atoms with Gasteiger partial charge in [-0.15, -0.1) is 0 Å². The third kappa shape index (κ3) is 2.73. The lowest BCUT2D eigenvalue weighted by Gasteiger charge is -2.32. The highest BCUT2D eigenvalue weighted by atomic mass is 19.1. The van der Waals surface area contributed by atoms with Crippen molar-refractivity contribution in [1.29, 1.82) is 0 Å². The fraction of sp³-hybridized carbons (Fsp3) is 0.188. The van der Waals surface area contributed by atoms with Gasteiger partial charge in [0, 0.05) is 18.3 Å². The van der Waals surface area contributed by atoms with Crippen molar-refractivity contribution in [2.24, 2.45) is 5.73 Å². The third-order valence-corrected chi connectivity index (χ3v) is 3.63. The van der Waals surface area contributed by atoms with Gasteiger partial charge in [0.05, 0.1) is 5.69 Å². The minimum atomic E-state index is -0.331. The quantitative estimate of drug-likeness (QED) is 0.845. The molecule has 0 radical (unpaired) electrons. The van der Waals surface area contributed by atoms with Crippen molar-refractivity contribution in [3.8, 4) is 0 Å². The lowest BCUT2D eigenvalue weighted by Crippen LogP contribution is -2.40. The molecular weight excluding hydrogens is 269 g/mol. The summed E-state index contributed by atoms with van der Waals surface area (Å²) in [6.45, 7) is 0.561. The molecule has 4 nitrogen and oxygen atoms in total. The number of amides is 2. The number of fused-ring (bicyclic) bond motifs is 1. The second kappa shape index (κ2) is 5.54. The largest absolute Gasteiger partial charge is 0.326 e. The van der Waals surface area contributed by atoms with E-state index in [4.69, 9.17) is 5.73 Å². The number of nitrogens with one attached hydrogen (secondary N) is 1. The molecule has 2 aromatic carbocycles. The Labute approximate surface area is 122 Å². The number of carbonyl (C=O) groups is 1. The highest BCUT2D eigenvalue weighted by Gasteiger charge is 2.26. The number of rotatable bonds is 1. The van der Waals surface area contributed by atoms with E-state index in [1.54, 1.807) is 4.90 Å². The van der Waals surface area contributed by atoms with Crippen molar-refractivity contribution in [2.45, 2.75) is 12.5 Å². The number of nitrogens with zero attached hydrogens (tertiary/aromatic N) is 1. The second-order valence-corrected chi connectivity index (χ2v) is 5.04. The maximum atomic E-state index is 12.9. The topological polar surface area (TPSA) is 58.4 Å². The maximum absolute atomic E-state index is 12.9. The van der Waals surface area contributed by atoms with Gasteiger partial charge in [-0.25, -0.2) is 9.18 Å². The zero-order chi connectivity index (χ0) is 14.8. The molecule has 1 heterocycles. The standard InChI is InChI=1S/C16H16FN3O/c17-11-5-7-12(8-6-11)19-16(21)20-10-9-14(18)13-3-1-2-4-15(13)20/h1-8,14H,9-10,18H2,(H,19,21). The first-order valence-electron chi connectivity index (χ1n) is 6.84. The highest BCUT2D eigenvalue weighted by molar-refractivity contribution is 6.02. The maximum Gasteiger partial charge on any atom is 0.326 e. The molecule has 0 aliphatic carbocycles. The molecule has 1 unspecified atom stereocenters. The molecule has 2 aromatic rings. The molecule has 21 heavy (non-hydrogen) atoms. The van der Waals surface area contributed by atoms with Crippen LogP contribution in [-0.2, 0) is 0 Å². The predicted octanol–water partition coefficient (Wildman–Crippen LogP) is 3.27. The van der Waals surface area contributed by atoms with Crippen molar-refractivity contribution in [1.82, 2.24) is 0 Å². The van der Waals surface area contributed by atoms with Crippen LogP contribution in [0.25, 0.3) is 0 Å². The number of urea groups is 1. The van der Waals surface area contributed by atoms with Crippen LogP contribution in [-0.4, -0.2) is 12.6 Å². The number of carbonyl (C=O) groups excluding carboxylic acids is 1. The van der Waals surface area contributed by atoms with Gasteiger partial charge in [-0.3, -0.25) is 4.90 Å². The molecule has 0 fully saturated rings. The van der Waals surface area contributed by atoms with E-state index >= 15 is 0 Å². The third-order valence-electron chi connectivity index (χ3n) is 3.63. The average molecular weight is 285 g/mol. The Morgan fingerprint density at radius 2 is 1.90 bits per heavy atom. The number of nitrogens with two attached hydrogens (primary N) is 1. The molecule has 2 amide bonds. The number of hydrogen-bond donors (Lipinski definition) is 2. The normalized spacial score (nSPS) is 17.2. The lowest BCUT2D eigenvalue weighted by molar-refractivity contribution is 0.256. The van der Waals surface area contributed by atoms with E-state index in [1.807, 2.05) is 24.3 Å². The van der Waals surface area contributed by atoms with Crippen LogP contribution < -0.4 is 16.0 Å². The monoisotopic (exact) mass is 285 g/mol. The number of hydrogen-bond acceptors (Lipinski definition) is 2. The minimum absolute atomic E-state index is 0.0453. The summed E-state index contributed by atoms with van der Waals surface area (Å²) in [6.07, 6.45) is 0.716. The van der Waals surface area contributed by atoms with Crippen LogP contribution in [0.15, 0.2) is 48.5 Å². The van der Waals surface area contributed by atoms with Crippen LogP contribution in [0.2, 0.25) is 0 Å². The predicted molar refractivity (Wildman–Crippen MR) is 80.8 cm³/mol. The van der Waals surface area contributed by atoms with Gasteiger partial charge in [-0.05, 0) is 42.3 Å². The van der Waals surface area contributed by atoms with Gasteiger partial charge in [0.25, 0.3) is 0 Å². The molecule has 0 aromatic heterocycles. The molecule has 0 saturated carbocycles. The molecule has 5 heteroatoms. The number of benzene rings is 2. The first-order valence-corrected chi connectivity index (χ1v) is 6.84. The molecule has 0 bridgehead atoms. The summed E-state index contributed by atoms with van der Waals surface area (Å²) in [6, 6.07) is 13.1. The van der Waals surface area contributed by atoms with Crippen LogP contribution >= 0.6 is 0 Å². The Hall–Kier alpha value is -2.40. The summed E-state index contributed by atoms with van der Waals surface area (Å²) in [5.74, 6) is -0.331. The van der Waals surface area contributed by atoms with Crippen molar-refractivity contribution in [3.05, 3.63) is 59.9 Å². The Kier molecular flexibility index (Phi) is 3.58. The second-order valence-electron chi connectivity index (χ2n) is 5.04. The van der Waals surface area contributed by atoms with Crippen molar-refractivity contribution < 1.29 is 9.18 Å². The molecule has 0 saturated heterocycles. The van der Waals surface area contributed by atoms with Gasteiger partial charge in [0.15, 0.2) is 0 Å². The lowest BCUT2D eigenvalue weighted by atomic mass is 9.97. The van der Waals surface area contributed by atoms with E-state index in [0.717, 1.165) is 11.3 Å². The summed E-state index contributed by atoms with van der Waals surface area (Å²) < 4.78 is 12.9. The first-order chi connectivity index (χ1) is 10.1. The Morgan fingerprint density at radius 3 is 2.67 bits per heavy atom. The molecule has 3 N–H and O–H groups in total. The Balaban J connectivity index is 1.82. The Morgan fingerprint density at radius 1 is 1.19 bits per heavy atom. The van der Waals surface area contributed by atoms with Gasteiger partial charge < -0.3 is 11.1 Å². The fourth-order valence-corrected chi connectivity index (χ4v) is 2.53. The van der Waals surface area contributed by atoms with Crippen molar-refractivity contribution >= 4 is 17.4 Å². The molecule has 1 aliphatic rings. The van der Waals surface area contributed by atoms with E-state index in [-0.39, 0.29) is 17.9 Å². The Bertz CT molecular complexity index is 657. The van der Waals surface area contributed by atoms with E-state index in [0.29, 0.717) is 18.7 Å². The molecule has 3 rings (SSSR count). The zero-order valence-electron chi connectivity index (χ0n) is 11.4. The average Bonchev–Trinajstić information content (AvgIpc) is 2.50. The summed E-state index contributed by atoms with van der Waals surface area (Å²) in [7, 11) is 0. The molecule has 0 spiro atoms. The first kappa shape index (κ1) is 13.6. The SMILES string of the molecule is NC1CCN(C(=O)Nc2ccc(F)cc2)c2ccccc21. The van der Waals surface area contributed by atoms with Gasteiger partial charge in [0.2, 0.25) is 0 Å². The smallest absolute Gasteiger partial charge is 0.324 e. The van der Waals surface area contributed by atoms with Crippen LogP contribution in [0.1, 0.15) is 18.0 Å².